The van der Waals surface area contributed by atoms with Gasteiger partial charge in [0.2, 0.25) is 6.23 Å². The molecule has 184 valence electrons. The van der Waals surface area contributed by atoms with Crippen LogP contribution >= 0.6 is 0 Å². The first-order valence-corrected chi connectivity index (χ1v) is 11.7. The number of aliphatic hydroxyl groups is 1. The number of carbonyl (C=O) groups is 1. The van der Waals surface area contributed by atoms with Crippen LogP contribution in [0, 0.1) is 6.92 Å². The molecule has 2 aliphatic heterocycles. The fourth-order valence-corrected chi connectivity index (χ4v) is 4.71. The maximum atomic E-state index is 12.5. The van der Waals surface area contributed by atoms with Crippen LogP contribution in [0.3, 0.4) is 0 Å². The Balaban J connectivity index is 1.65. The molecule has 2 aliphatic rings. The van der Waals surface area contributed by atoms with E-state index in [4.69, 9.17) is 20.3 Å². The van der Waals surface area contributed by atoms with Crippen LogP contribution in [0.5, 0.6) is 0 Å². The van der Waals surface area contributed by atoms with Gasteiger partial charge in [0.15, 0.2) is 0 Å². The number of ether oxygens (including phenoxy) is 2. The predicted molar refractivity (Wildman–Crippen MR) is 132 cm³/mol. The lowest BCUT2D eigenvalue weighted by Crippen LogP contribution is -2.38. The van der Waals surface area contributed by atoms with Crippen molar-refractivity contribution in [2.45, 2.75) is 38.6 Å². The predicted octanol–water partition coefficient (Wildman–Crippen LogP) is 2.21. The monoisotopic (exact) mass is 478 g/mol. The summed E-state index contributed by atoms with van der Waals surface area (Å²) in [7, 11) is 1.66. The quantitative estimate of drug-likeness (QED) is 0.531. The fraction of sp³-hybridized carbons (Fsp3) is 0.400. The average Bonchev–Trinajstić information content (AvgIpc) is 3.46. The number of aliphatic hydroxyl groups excluding tert-OH is 1. The van der Waals surface area contributed by atoms with Crippen LogP contribution in [0.2, 0.25) is 0 Å². The first kappa shape index (κ1) is 23.1. The SMILES string of the molecule is COCCn1cc2cc(N3C(C(N)=O)=COC3c3ccnc(C)c3)c(N3CCC(O)CC3)cc2n1. The molecule has 10 nitrogen and oxygen atoms in total. The van der Waals surface area contributed by atoms with E-state index >= 15 is 0 Å². The van der Waals surface area contributed by atoms with Crippen LogP contribution in [-0.2, 0) is 20.8 Å². The van der Waals surface area contributed by atoms with Crippen LogP contribution in [0.25, 0.3) is 10.9 Å². The zero-order valence-corrected chi connectivity index (χ0v) is 19.9. The van der Waals surface area contributed by atoms with Crippen molar-refractivity contribution in [1.29, 1.82) is 0 Å². The highest BCUT2D eigenvalue weighted by atomic mass is 16.5. The number of fused-ring (bicyclic) bond motifs is 1. The van der Waals surface area contributed by atoms with E-state index in [-0.39, 0.29) is 11.8 Å². The second-order valence-corrected chi connectivity index (χ2v) is 8.96. The molecular weight excluding hydrogens is 448 g/mol. The Morgan fingerprint density at radius 1 is 1.26 bits per heavy atom. The number of aromatic nitrogens is 3. The average molecular weight is 479 g/mol. The van der Waals surface area contributed by atoms with Gasteiger partial charge in [0.05, 0.1) is 36.1 Å². The van der Waals surface area contributed by atoms with Gasteiger partial charge in [-0.2, -0.15) is 5.10 Å². The molecule has 35 heavy (non-hydrogen) atoms. The van der Waals surface area contributed by atoms with Crippen LogP contribution in [0.1, 0.15) is 30.3 Å². The number of piperidine rings is 1. The lowest BCUT2D eigenvalue weighted by molar-refractivity contribution is -0.114. The topological polar surface area (TPSA) is 119 Å². The van der Waals surface area contributed by atoms with Gasteiger partial charge in [-0.05, 0) is 44.0 Å². The highest BCUT2D eigenvalue weighted by molar-refractivity contribution is 6.00. The van der Waals surface area contributed by atoms with Crippen LogP contribution in [0.4, 0.5) is 11.4 Å². The van der Waals surface area contributed by atoms with Crippen molar-refractivity contribution >= 4 is 28.2 Å². The Morgan fingerprint density at radius 2 is 2.06 bits per heavy atom. The molecular formula is C25H30N6O4. The number of hydrogen-bond acceptors (Lipinski definition) is 8. The van der Waals surface area contributed by atoms with E-state index in [1.807, 2.05) is 47.0 Å². The number of benzene rings is 1. The third-order valence-corrected chi connectivity index (χ3v) is 6.50. The summed E-state index contributed by atoms with van der Waals surface area (Å²) < 4.78 is 13.1. The first-order chi connectivity index (χ1) is 16.9. The van der Waals surface area contributed by atoms with Gasteiger partial charge in [-0.15, -0.1) is 0 Å². The number of amides is 1. The molecule has 0 saturated carbocycles. The summed E-state index contributed by atoms with van der Waals surface area (Å²) in [5.74, 6) is -0.575. The maximum Gasteiger partial charge on any atom is 0.268 e. The Labute approximate surface area is 203 Å². The number of pyridine rings is 1. The zero-order chi connectivity index (χ0) is 24.5. The third kappa shape index (κ3) is 4.54. The minimum absolute atomic E-state index is 0.272. The molecule has 0 radical (unpaired) electrons. The van der Waals surface area contributed by atoms with Crippen molar-refractivity contribution in [3.63, 3.8) is 0 Å². The molecule has 1 amide bonds. The molecule has 10 heteroatoms. The Hall–Kier alpha value is -3.63. The number of nitrogens with zero attached hydrogens (tertiary/aromatic N) is 5. The third-order valence-electron chi connectivity index (χ3n) is 6.50. The normalized spacial score (nSPS) is 18.7. The summed E-state index contributed by atoms with van der Waals surface area (Å²) >= 11 is 0. The van der Waals surface area contributed by atoms with Gasteiger partial charge in [0.25, 0.3) is 5.91 Å². The number of carbonyl (C=O) groups excluding carboxylic acids is 1. The number of aryl methyl sites for hydroxylation is 1. The summed E-state index contributed by atoms with van der Waals surface area (Å²) in [6.45, 7) is 4.47. The number of nitrogens with two attached hydrogens (primary N) is 1. The lowest BCUT2D eigenvalue weighted by atomic mass is 10.0. The molecule has 0 bridgehead atoms. The fourth-order valence-electron chi connectivity index (χ4n) is 4.71. The highest BCUT2D eigenvalue weighted by Gasteiger charge is 2.36. The standard InChI is InChI=1S/C25H30N6O4/c1-16-11-17(3-6-27-16)25-31(23(15-35-25)24(26)33)22-12-18-14-30(9-10-34-2)28-20(18)13-21(22)29-7-4-19(32)5-8-29/h3,6,11-15,19,25,32H,4-5,7-10H2,1-2H3,(H2,26,33). The van der Waals surface area contributed by atoms with Crippen molar-refractivity contribution in [2.24, 2.45) is 5.73 Å². The van der Waals surface area contributed by atoms with E-state index in [0.717, 1.165) is 33.5 Å². The van der Waals surface area contributed by atoms with Gasteiger partial charge in [-0.25, -0.2) is 0 Å². The first-order valence-electron chi connectivity index (χ1n) is 11.7. The van der Waals surface area contributed by atoms with Gasteiger partial charge in [-0.3, -0.25) is 19.4 Å². The maximum absolute atomic E-state index is 12.5. The smallest absolute Gasteiger partial charge is 0.268 e. The van der Waals surface area contributed by atoms with Gasteiger partial charge in [0.1, 0.15) is 12.0 Å². The lowest BCUT2D eigenvalue weighted by Gasteiger charge is -2.36. The largest absolute Gasteiger partial charge is 0.471 e. The summed E-state index contributed by atoms with van der Waals surface area (Å²) in [5, 5.41) is 15.7. The summed E-state index contributed by atoms with van der Waals surface area (Å²) in [4.78, 5) is 20.9. The molecule has 1 aromatic carbocycles. The van der Waals surface area contributed by atoms with Crippen LogP contribution in [0.15, 0.2) is 48.6 Å². The molecule has 1 fully saturated rings. The van der Waals surface area contributed by atoms with Crippen LogP contribution < -0.4 is 15.5 Å². The molecule has 5 rings (SSSR count). The Bertz CT molecular complexity index is 1260. The Morgan fingerprint density at radius 3 is 2.77 bits per heavy atom. The minimum atomic E-state index is -0.575. The molecule has 2 aromatic heterocycles. The molecule has 1 atom stereocenters. The van der Waals surface area contributed by atoms with E-state index in [1.165, 1.54) is 6.26 Å². The van der Waals surface area contributed by atoms with Crippen molar-refractivity contribution in [3.05, 3.63) is 59.9 Å². The van der Waals surface area contributed by atoms with Crippen molar-refractivity contribution in [3.8, 4) is 0 Å². The minimum Gasteiger partial charge on any atom is -0.471 e. The highest BCUT2D eigenvalue weighted by Crippen LogP contribution is 2.44. The van der Waals surface area contributed by atoms with Gasteiger partial charge in [0, 0.05) is 49.2 Å². The number of anilines is 2. The van der Waals surface area contributed by atoms with Crippen LogP contribution in [-0.4, -0.2) is 58.7 Å². The summed E-state index contributed by atoms with van der Waals surface area (Å²) in [5.41, 5.74) is 10.3. The second-order valence-electron chi connectivity index (χ2n) is 8.96. The summed E-state index contributed by atoms with van der Waals surface area (Å²) in [6.07, 6.45) is 5.58. The Kier molecular flexibility index (Phi) is 6.31. The number of hydrogen-bond donors (Lipinski definition) is 2. The molecule has 1 unspecified atom stereocenters. The van der Waals surface area contributed by atoms with Crippen molar-refractivity contribution in [1.82, 2.24) is 14.8 Å². The van der Waals surface area contributed by atoms with E-state index < -0.39 is 12.1 Å². The van der Waals surface area contributed by atoms with Gasteiger partial charge in [-0.1, -0.05) is 0 Å². The zero-order valence-electron chi connectivity index (χ0n) is 19.9. The molecule has 3 N–H and O–H groups in total. The van der Waals surface area contributed by atoms with Crippen molar-refractivity contribution in [2.75, 3.05) is 36.6 Å². The molecule has 0 spiro atoms. The van der Waals surface area contributed by atoms with Gasteiger partial charge < -0.3 is 25.2 Å². The second kappa shape index (κ2) is 9.55. The molecule has 1 saturated heterocycles. The van der Waals surface area contributed by atoms with E-state index in [1.54, 1.807) is 13.3 Å². The number of primary amides is 1. The number of rotatable bonds is 7. The van der Waals surface area contributed by atoms with Crippen molar-refractivity contribution < 1.29 is 19.4 Å². The van der Waals surface area contributed by atoms with E-state index in [0.29, 0.717) is 39.1 Å². The number of methoxy groups -OCH3 is 1. The van der Waals surface area contributed by atoms with E-state index in [2.05, 4.69) is 9.88 Å². The summed E-state index contributed by atoms with van der Waals surface area (Å²) in [6, 6.07) is 7.88. The molecule has 3 aromatic rings. The molecule has 0 aliphatic carbocycles. The molecule has 4 heterocycles. The van der Waals surface area contributed by atoms with E-state index in [9.17, 15) is 9.90 Å². The van der Waals surface area contributed by atoms with Gasteiger partial charge >= 0.3 is 0 Å².